The fourth-order valence-corrected chi connectivity index (χ4v) is 1.91. The molecule has 0 heterocycles. The molecule has 1 rings (SSSR count). The second kappa shape index (κ2) is 5.69. The van der Waals surface area contributed by atoms with Gasteiger partial charge in [0, 0.05) is 57.5 Å². The van der Waals surface area contributed by atoms with E-state index in [-0.39, 0.29) is 51.4 Å². The van der Waals surface area contributed by atoms with E-state index in [0.29, 0.717) is 0 Å². The maximum Gasteiger partial charge on any atom is 0.296 e. The van der Waals surface area contributed by atoms with Gasteiger partial charge in [-0.2, -0.15) is 8.42 Å². The Labute approximate surface area is 133 Å². The van der Waals surface area contributed by atoms with E-state index in [4.69, 9.17) is 16.2 Å². The molecular weight excluding hydrogens is 273 g/mol. The molecule has 0 aliphatic rings. The molecule has 6 nitrogen and oxygen atoms in total. The molecule has 1 aromatic rings. The summed E-state index contributed by atoms with van der Waals surface area (Å²) in [6, 6.07) is 3.13. The summed E-state index contributed by atoms with van der Waals surface area (Å²) in [6.45, 7) is 0. The van der Waals surface area contributed by atoms with Crippen molar-refractivity contribution in [3.05, 3.63) is 33.3 Å². The van der Waals surface area contributed by atoms with Crippen LogP contribution in [-0.2, 0) is 10.1 Å². The third-order valence-electron chi connectivity index (χ3n) is 1.42. The van der Waals surface area contributed by atoms with Crippen LogP contribution in [-0.4, -0.2) is 69.3 Å². The van der Waals surface area contributed by atoms with Crippen LogP contribution >= 0.6 is 11.6 Å². The van der Waals surface area contributed by atoms with Crippen LogP contribution in [0.2, 0.25) is 5.02 Å². The first kappa shape index (κ1) is 15.5. The second-order valence-corrected chi connectivity index (χ2v) is 4.09. The smallest absolute Gasteiger partial charge is 0.282 e. The van der Waals surface area contributed by atoms with Crippen LogP contribution in [0.5, 0.6) is 0 Å². The molecule has 1 radical (unpaired) electrons. The van der Waals surface area contributed by atoms with Gasteiger partial charge in [0.2, 0.25) is 0 Å². The Morgan fingerprint density at radius 2 is 1.93 bits per heavy atom. The zero-order valence-corrected chi connectivity index (χ0v) is 12.2. The Bertz CT molecular complexity index is 488. The van der Waals surface area contributed by atoms with Gasteiger partial charge < -0.3 is 0 Å². The van der Waals surface area contributed by atoms with Crippen molar-refractivity contribution in [2.75, 3.05) is 0 Å². The zero-order valence-electron chi connectivity index (χ0n) is 7.55. The van der Waals surface area contributed by atoms with Crippen molar-refractivity contribution in [3.8, 4) is 0 Å². The fraction of sp³-hybridized carbons (Fsp3) is 0. The minimum absolute atomic E-state index is 0. The quantitative estimate of drug-likeness (QED) is 0.378. The first-order valence-electron chi connectivity index (χ1n) is 3.24. The van der Waals surface area contributed by atoms with Gasteiger partial charge in [0.15, 0.2) is 0 Å². The first-order valence-corrected chi connectivity index (χ1v) is 5.06. The van der Waals surface area contributed by atoms with Crippen molar-refractivity contribution < 1.29 is 17.9 Å². The molecule has 9 heteroatoms. The number of hydrogen-bond acceptors (Lipinski definition) is 4. The summed E-state index contributed by atoms with van der Waals surface area (Å²) in [4.78, 5) is 8.84. The maximum absolute atomic E-state index is 10.7. The van der Waals surface area contributed by atoms with Gasteiger partial charge in [0.1, 0.15) is 9.92 Å². The van der Waals surface area contributed by atoms with Crippen molar-refractivity contribution in [3.63, 3.8) is 0 Å². The molecule has 0 aliphatic carbocycles. The zero-order chi connectivity index (χ0) is 10.9. The van der Waals surface area contributed by atoms with Crippen LogP contribution in [0, 0.1) is 10.1 Å². The molecule has 0 atom stereocenters. The minimum Gasteiger partial charge on any atom is -0.282 e. The maximum atomic E-state index is 10.7. The molecule has 0 spiro atoms. The van der Waals surface area contributed by atoms with E-state index in [2.05, 4.69) is 0 Å². The topological polar surface area (TPSA) is 97.5 Å². The van der Waals surface area contributed by atoms with E-state index in [1.165, 1.54) is 0 Å². The molecule has 0 aliphatic heterocycles. The number of benzene rings is 1. The fourth-order valence-electron chi connectivity index (χ4n) is 0.839. The Balaban J connectivity index is 0.00000196. The number of nitro benzene ring substituents is 1. The number of nitro groups is 1. The van der Waals surface area contributed by atoms with E-state index in [0.717, 1.165) is 18.2 Å². The summed E-state index contributed by atoms with van der Waals surface area (Å²) in [5.41, 5.74) is -0.568. The monoisotopic (exact) mass is 276 g/mol. The van der Waals surface area contributed by atoms with E-state index >= 15 is 0 Å². The molecule has 0 saturated heterocycles. The molecule has 0 aromatic heterocycles. The molecule has 0 unspecified atom stereocenters. The van der Waals surface area contributed by atoms with Gasteiger partial charge in [-0.1, -0.05) is 17.7 Å². The SMILES string of the molecule is O=[N+]([O-])c1cccc(S(=O)(=O)O)c1Cl.[K]. The summed E-state index contributed by atoms with van der Waals surface area (Å²) >= 11 is 5.41. The number of hydrogen-bond donors (Lipinski definition) is 1. The van der Waals surface area contributed by atoms with Crippen LogP contribution in [0.3, 0.4) is 0 Å². The van der Waals surface area contributed by atoms with Crippen molar-refractivity contribution >= 4 is 78.8 Å². The Hall–Kier alpha value is 0.456. The largest absolute Gasteiger partial charge is 0.296 e. The molecule has 15 heavy (non-hydrogen) atoms. The number of halogens is 1. The molecule has 0 amide bonds. The van der Waals surface area contributed by atoms with Gasteiger partial charge in [-0.05, 0) is 6.07 Å². The third-order valence-corrected chi connectivity index (χ3v) is 2.82. The summed E-state index contributed by atoms with van der Waals surface area (Å²) in [5.74, 6) is 0. The summed E-state index contributed by atoms with van der Waals surface area (Å²) in [6.07, 6.45) is 0. The third kappa shape index (κ3) is 3.75. The van der Waals surface area contributed by atoms with Crippen molar-refractivity contribution in [1.82, 2.24) is 0 Å². The summed E-state index contributed by atoms with van der Waals surface area (Å²) < 4.78 is 30.0. The van der Waals surface area contributed by atoms with Gasteiger partial charge >= 0.3 is 0 Å². The van der Waals surface area contributed by atoms with Gasteiger partial charge in [-0.15, -0.1) is 0 Å². The van der Waals surface area contributed by atoms with Crippen molar-refractivity contribution in [2.45, 2.75) is 4.90 Å². The molecule has 1 N–H and O–H groups in total. The van der Waals surface area contributed by atoms with E-state index in [1.54, 1.807) is 0 Å². The summed E-state index contributed by atoms with van der Waals surface area (Å²) in [7, 11) is -4.53. The normalized spacial score (nSPS) is 10.5. The van der Waals surface area contributed by atoms with E-state index in [9.17, 15) is 18.5 Å². The Kier molecular flexibility index (Phi) is 5.86. The first-order chi connectivity index (χ1) is 6.34. The van der Waals surface area contributed by atoms with Crippen LogP contribution in [0.15, 0.2) is 23.1 Å². The van der Waals surface area contributed by atoms with Gasteiger partial charge in [-0.25, -0.2) is 0 Å². The molecule has 77 valence electrons. The van der Waals surface area contributed by atoms with Gasteiger partial charge in [0.25, 0.3) is 15.8 Å². The second-order valence-electron chi connectivity index (χ2n) is 2.32. The number of rotatable bonds is 2. The molecule has 1 aromatic carbocycles. The predicted octanol–water partition coefficient (Wildman–Crippen LogP) is 1.11. The molecule has 0 fully saturated rings. The van der Waals surface area contributed by atoms with Crippen molar-refractivity contribution in [1.29, 1.82) is 0 Å². The standard InChI is InChI=1S/C6H4ClNO5S.K/c7-6-4(8(9)10)2-1-3-5(6)14(11,12)13;/h1-3H,(H,11,12,13);. The minimum atomic E-state index is -4.53. The number of nitrogens with zero attached hydrogens (tertiary/aromatic N) is 1. The molecule has 0 saturated carbocycles. The average molecular weight is 277 g/mol. The van der Waals surface area contributed by atoms with Crippen LogP contribution in [0.1, 0.15) is 0 Å². The Morgan fingerprint density at radius 3 is 2.33 bits per heavy atom. The van der Waals surface area contributed by atoms with Gasteiger partial charge in [-0.3, -0.25) is 14.7 Å². The predicted molar refractivity (Wildman–Crippen MR) is 53.7 cm³/mol. The van der Waals surface area contributed by atoms with Gasteiger partial charge in [0.05, 0.1) is 4.92 Å². The summed E-state index contributed by atoms with van der Waals surface area (Å²) in [5, 5.41) is 9.75. The molecular formula is C6H4ClKNO5S. The van der Waals surface area contributed by atoms with E-state index < -0.39 is 30.6 Å². The Morgan fingerprint density at radius 1 is 1.40 bits per heavy atom. The van der Waals surface area contributed by atoms with Crippen LogP contribution in [0.25, 0.3) is 0 Å². The van der Waals surface area contributed by atoms with Crippen LogP contribution < -0.4 is 0 Å². The average Bonchev–Trinajstić information content (AvgIpc) is 2.01. The van der Waals surface area contributed by atoms with Crippen LogP contribution in [0.4, 0.5) is 5.69 Å². The molecule has 0 bridgehead atoms. The van der Waals surface area contributed by atoms with E-state index in [1.807, 2.05) is 0 Å². The van der Waals surface area contributed by atoms with Crippen molar-refractivity contribution in [2.24, 2.45) is 0 Å².